The van der Waals surface area contributed by atoms with Gasteiger partial charge >= 0.3 is 0 Å². The van der Waals surface area contributed by atoms with Gasteiger partial charge in [0.1, 0.15) is 0 Å². The average molecular weight is 184 g/mol. The van der Waals surface area contributed by atoms with E-state index in [-0.39, 0.29) is 6.42 Å². The summed E-state index contributed by atoms with van der Waals surface area (Å²) in [7, 11) is 0. The molecule has 14 heavy (non-hydrogen) atoms. The van der Waals surface area contributed by atoms with Crippen LogP contribution >= 0.6 is 0 Å². The van der Waals surface area contributed by atoms with Crippen LogP contribution in [0.5, 0.6) is 0 Å². The summed E-state index contributed by atoms with van der Waals surface area (Å²) in [5.74, 6) is 0. The Bertz CT molecular complexity index is 383. The molecule has 0 saturated heterocycles. The molecular weight excluding hydrogens is 176 g/mol. The van der Waals surface area contributed by atoms with E-state index >= 15 is 0 Å². The highest BCUT2D eigenvalue weighted by atomic mass is 15.1. The highest BCUT2D eigenvalue weighted by Gasteiger charge is 2.02. The molecule has 1 aromatic carbocycles. The van der Waals surface area contributed by atoms with Gasteiger partial charge in [-0.1, -0.05) is 18.2 Å². The zero-order valence-electron chi connectivity index (χ0n) is 7.46. The third kappa shape index (κ3) is 3.04. The molecule has 0 unspecified atom stereocenters. The number of azo groups is 1. The molecule has 1 atom stereocenters. The van der Waals surface area contributed by atoms with Gasteiger partial charge in [0.25, 0.3) is 0 Å². The van der Waals surface area contributed by atoms with Crippen LogP contribution in [-0.4, -0.2) is 6.04 Å². The molecule has 0 aliphatic rings. The maximum absolute atomic E-state index is 8.58. The Morgan fingerprint density at radius 1 is 1.21 bits per heavy atom. The largest absolute Gasteiger partial charge is 0.198 e. The molecule has 0 N–H and O–H groups in total. The van der Waals surface area contributed by atoms with Crippen LogP contribution in [0.15, 0.2) is 40.6 Å². The van der Waals surface area contributed by atoms with Crippen molar-refractivity contribution in [3.05, 3.63) is 30.3 Å². The standard InChI is InChI=1S/C10H8N4/c11-7-6-10(8-12)14-13-9-4-2-1-3-5-9/h1-5,10H,6H2/t10-/m1/s1. The van der Waals surface area contributed by atoms with Crippen LogP contribution in [0.4, 0.5) is 5.69 Å². The lowest BCUT2D eigenvalue weighted by Crippen LogP contribution is -1.96. The first-order chi connectivity index (χ1) is 6.86. The summed E-state index contributed by atoms with van der Waals surface area (Å²) in [5.41, 5.74) is 0.686. The number of hydrogen-bond donors (Lipinski definition) is 0. The summed E-state index contributed by atoms with van der Waals surface area (Å²) in [6.45, 7) is 0. The van der Waals surface area contributed by atoms with Crippen molar-refractivity contribution in [2.75, 3.05) is 0 Å². The fourth-order valence-electron chi connectivity index (χ4n) is 0.830. The molecule has 4 heteroatoms. The first-order valence-corrected chi connectivity index (χ1v) is 4.09. The lowest BCUT2D eigenvalue weighted by Gasteiger charge is -1.94. The molecule has 0 radical (unpaired) electrons. The molecule has 1 rings (SSSR count). The van der Waals surface area contributed by atoms with Gasteiger partial charge in [-0.05, 0) is 12.1 Å². The zero-order valence-corrected chi connectivity index (χ0v) is 7.46. The van der Waals surface area contributed by atoms with Crippen molar-refractivity contribution in [2.24, 2.45) is 10.2 Å². The highest BCUT2D eigenvalue weighted by molar-refractivity contribution is 5.34. The molecule has 0 spiro atoms. The number of rotatable bonds is 3. The van der Waals surface area contributed by atoms with Gasteiger partial charge in [0.2, 0.25) is 0 Å². The van der Waals surface area contributed by atoms with E-state index in [1.165, 1.54) is 0 Å². The summed E-state index contributed by atoms with van der Waals surface area (Å²) in [5, 5.41) is 24.5. The van der Waals surface area contributed by atoms with Crippen LogP contribution in [0.2, 0.25) is 0 Å². The molecule has 0 aromatic heterocycles. The van der Waals surface area contributed by atoms with Gasteiger partial charge in [0.15, 0.2) is 6.04 Å². The van der Waals surface area contributed by atoms with Gasteiger partial charge in [-0.3, -0.25) is 0 Å². The molecule has 4 nitrogen and oxygen atoms in total. The molecule has 68 valence electrons. The van der Waals surface area contributed by atoms with Gasteiger partial charge in [-0.15, -0.1) is 0 Å². The minimum Gasteiger partial charge on any atom is -0.198 e. The predicted molar refractivity (Wildman–Crippen MR) is 50.6 cm³/mol. The van der Waals surface area contributed by atoms with E-state index < -0.39 is 6.04 Å². The number of hydrogen-bond acceptors (Lipinski definition) is 4. The van der Waals surface area contributed by atoms with Gasteiger partial charge in [-0.25, -0.2) is 0 Å². The van der Waals surface area contributed by atoms with Crippen molar-refractivity contribution in [3.63, 3.8) is 0 Å². The predicted octanol–water partition coefficient (Wildman–Crippen LogP) is 2.58. The Hall–Kier alpha value is -2.20. The Kier molecular flexibility index (Phi) is 3.85. The fraction of sp³-hybridized carbons (Fsp3) is 0.200. The van der Waals surface area contributed by atoms with Crippen LogP contribution in [0.1, 0.15) is 6.42 Å². The van der Waals surface area contributed by atoms with Crippen molar-refractivity contribution < 1.29 is 0 Å². The highest BCUT2D eigenvalue weighted by Crippen LogP contribution is 2.11. The first-order valence-electron chi connectivity index (χ1n) is 4.09. The van der Waals surface area contributed by atoms with Crippen LogP contribution in [0.3, 0.4) is 0 Å². The third-order valence-electron chi connectivity index (χ3n) is 1.50. The monoisotopic (exact) mass is 184 g/mol. The van der Waals surface area contributed by atoms with Crippen molar-refractivity contribution in [1.29, 1.82) is 10.5 Å². The molecule has 0 heterocycles. The maximum Gasteiger partial charge on any atom is 0.170 e. The zero-order chi connectivity index (χ0) is 10.2. The van der Waals surface area contributed by atoms with Gasteiger partial charge < -0.3 is 0 Å². The van der Waals surface area contributed by atoms with E-state index in [0.29, 0.717) is 5.69 Å². The maximum atomic E-state index is 8.58. The number of benzene rings is 1. The van der Waals surface area contributed by atoms with Crippen LogP contribution in [0, 0.1) is 22.7 Å². The second kappa shape index (κ2) is 5.45. The van der Waals surface area contributed by atoms with E-state index in [4.69, 9.17) is 10.5 Å². The van der Waals surface area contributed by atoms with E-state index in [0.717, 1.165) is 0 Å². The molecule has 1 aromatic rings. The van der Waals surface area contributed by atoms with E-state index in [9.17, 15) is 0 Å². The number of nitriles is 2. The Morgan fingerprint density at radius 2 is 1.93 bits per heavy atom. The third-order valence-corrected chi connectivity index (χ3v) is 1.50. The Labute approximate surface area is 82.1 Å². The number of nitrogens with zero attached hydrogens (tertiary/aromatic N) is 4. The minimum absolute atomic E-state index is 0.0762. The molecule has 0 aliphatic carbocycles. The minimum atomic E-state index is -0.666. The van der Waals surface area contributed by atoms with Gasteiger partial charge in [0.05, 0.1) is 24.2 Å². The van der Waals surface area contributed by atoms with E-state index in [1.54, 1.807) is 12.1 Å². The van der Waals surface area contributed by atoms with Crippen molar-refractivity contribution in [3.8, 4) is 12.1 Å². The summed E-state index contributed by atoms with van der Waals surface area (Å²) < 4.78 is 0. The summed E-state index contributed by atoms with van der Waals surface area (Å²) in [6.07, 6.45) is 0.0762. The summed E-state index contributed by atoms with van der Waals surface area (Å²) in [6, 6.07) is 12.2. The Morgan fingerprint density at radius 3 is 2.50 bits per heavy atom. The second-order valence-electron chi connectivity index (χ2n) is 2.56. The normalized spacial score (nSPS) is 11.9. The smallest absolute Gasteiger partial charge is 0.170 e. The van der Waals surface area contributed by atoms with Gasteiger partial charge in [-0.2, -0.15) is 20.8 Å². The molecule has 0 amide bonds. The Balaban J connectivity index is 2.65. The van der Waals surface area contributed by atoms with E-state index in [2.05, 4.69) is 10.2 Å². The van der Waals surface area contributed by atoms with Crippen molar-refractivity contribution in [2.45, 2.75) is 12.5 Å². The van der Waals surface area contributed by atoms with Crippen LogP contribution in [0.25, 0.3) is 0 Å². The molecule has 0 saturated carbocycles. The fourth-order valence-corrected chi connectivity index (χ4v) is 0.830. The summed E-state index contributed by atoms with van der Waals surface area (Å²) >= 11 is 0. The van der Waals surface area contributed by atoms with Gasteiger partial charge in [0, 0.05) is 0 Å². The SMILES string of the molecule is N#CC[C@H](C#N)N=Nc1ccccc1. The van der Waals surface area contributed by atoms with Crippen molar-refractivity contribution in [1.82, 2.24) is 0 Å². The first kappa shape index (κ1) is 9.88. The second-order valence-corrected chi connectivity index (χ2v) is 2.56. The van der Waals surface area contributed by atoms with Crippen molar-refractivity contribution >= 4 is 5.69 Å². The molecule has 0 bridgehead atoms. The average Bonchev–Trinajstić information content (AvgIpc) is 2.25. The lowest BCUT2D eigenvalue weighted by atomic mass is 10.3. The van der Waals surface area contributed by atoms with E-state index in [1.807, 2.05) is 30.3 Å². The molecule has 0 aliphatic heterocycles. The van der Waals surface area contributed by atoms with Crippen LogP contribution in [-0.2, 0) is 0 Å². The lowest BCUT2D eigenvalue weighted by molar-refractivity contribution is 0.802. The summed E-state index contributed by atoms with van der Waals surface area (Å²) in [4.78, 5) is 0. The quantitative estimate of drug-likeness (QED) is 0.677. The topological polar surface area (TPSA) is 72.3 Å². The molecular formula is C10H8N4. The van der Waals surface area contributed by atoms with Crippen LogP contribution < -0.4 is 0 Å². The molecule has 0 fully saturated rings.